The average molecular weight is 736 g/mol. The Morgan fingerprint density at radius 2 is 0.529 bits per heavy atom. The molecule has 0 spiro atoms. The highest BCUT2D eigenvalue weighted by Gasteiger charge is 2.49. The van der Waals surface area contributed by atoms with E-state index < -0.39 is 23.0 Å². The van der Waals surface area contributed by atoms with Crippen LogP contribution in [0.4, 0.5) is 0 Å². The topological polar surface area (TPSA) is 92.5 Å². The molecular weight excluding hydrogens is 699 g/mol. The summed E-state index contributed by atoms with van der Waals surface area (Å²) in [5, 5.41) is 0. The van der Waals surface area contributed by atoms with Gasteiger partial charge in [-0.25, -0.2) is 0 Å². The molecule has 6 aromatic rings. The molecule has 0 amide bonds. The fourth-order valence-electron chi connectivity index (χ4n) is 5.04. The Balaban J connectivity index is 1.57. The molecule has 0 aliphatic carbocycles. The number of aryl methyl sites for hydroxylation is 3. The molecule has 1 heterocycles. The first-order valence-corrected chi connectivity index (χ1v) is 20.8. The number of rotatable bonds is 12. The molecule has 51 heavy (non-hydrogen) atoms. The standard InChI is InChI=1S/C39H36N3O6P3/c1-31-16-13-25-37(28-31)46-49(43-34-19-7-4-8-20-34)40-50(44-35-21-9-5-10-22-35,47-38-26-14-17-32(2)29-38)42-51(41-49,45-36-23-11-6-12-24-36)48-39-27-15-18-33(3)30-39/h4-30H,1-3H3. The average Bonchev–Trinajstić information content (AvgIpc) is 3.09. The van der Waals surface area contributed by atoms with Gasteiger partial charge in [-0.1, -0.05) is 105 Å². The van der Waals surface area contributed by atoms with E-state index in [2.05, 4.69) is 0 Å². The highest BCUT2D eigenvalue weighted by atomic mass is 31.3. The summed E-state index contributed by atoms with van der Waals surface area (Å²) in [6.07, 6.45) is 0. The van der Waals surface area contributed by atoms with E-state index in [1.807, 2.05) is 185 Å². The molecule has 258 valence electrons. The van der Waals surface area contributed by atoms with Crippen LogP contribution < -0.4 is 27.1 Å². The normalized spacial score (nSPS) is 20.8. The van der Waals surface area contributed by atoms with Gasteiger partial charge in [0.15, 0.2) is 0 Å². The van der Waals surface area contributed by atoms with Crippen LogP contribution in [0.1, 0.15) is 16.7 Å². The monoisotopic (exact) mass is 735 g/mol. The van der Waals surface area contributed by atoms with Gasteiger partial charge in [0.2, 0.25) is 0 Å². The number of hydrogen-bond acceptors (Lipinski definition) is 9. The summed E-state index contributed by atoms with van der Waals surface area (Å²) in [5.74, 6) is 2.85. The van der Waals surface area contributed by atoms with Crippen molar-refractivity contribution in [1.29, 1.82) is 0 Å². The lowest BCUT2D eigenvalue weighted by atomic mass is 10.2. The molecule has 0 unspecified atom stereocenters. The first-order valence-electron chi connectivity index (χ1n) is 16.2. The largest absolute Gasteiger partial charge is 0.460 e. The maximum absolute atomic E-state index is 6.87. The van der Waals surface area contributed by atoms with Gasteiger partial charge < -0.3 is 27.1 Å². The molecule has 0 bridgehead atoms. The van der Waals surface area contributed by atoms with E-state index in [1.54, 1.807) is 0 Å². The fraction of sp³-hybridized carbons (Fsp3) is 0.0769. The highest BCUT2D eigenvalue weighted by Crippen LogP contribution is 2.78. The van der Waals surface area contributed by atoms with Crippen LogP contribution in [0.5, 0.6) is 34.5 Å². The summed E-state index contributed by atoms with van der Waals surface area (Å²) in [7, 11) is -11.7. The van der Waals surface area contributed by atoms with Gasteiger partial charge >= 0.3 is 23.0 Å². The summed E-state index contributed by atoms with van der Waals surface area (Å²) >= 11 is 0. The molecule has 6 aromatic carbocycles. The number of nitrogens with zero attached hydrogens (tertiary/aromatic N) is 3. The van der Waals surface area contributed by atoms with Gasteiger partial charge in [0.25, 0.3) is 0 Å². The predicted molar refractivity (Wildman–Crippen MR) is 205 cm³/mol. The molecule has 9 nitrogen and oxygen atoms in total. The van der Waals surface area contributed by atoms with Crippen molar-refractivity contribution in [3.05, 3.63) is 180 Å². The molecule has 1 aliphatic rings. The smallest absolute Gasteiger partial charge is 0.413 e. The molecule has 1 aliphatic heterocycles. The minimum absolute atomic E-state index is 0.467. The Bertz CT molecular complexity index is 2030. The quantitative estimate of drug-likeness (QED) is 0.116. The molecular formula is C39H36N3O6P3. The third-order valence-electron chi connectivity index (χ3n) is 7.22. The minimum atomic E-state index is -3.91. The van der Waals surface area contributed by atoms with Crippen molar-refractivity contribution >= 4 is 23.0 Å². The summed E-state index contributed by atoms with van der Waals surface area (Å²) < 4.78 is 56.8. The zero-order valence-electron chi connectivity index (χ0n) is 28.2. The van der Waals surface area contributed by atoms with E-state index in [0.717, 1.165) is 16.7 Å². The van der Waals surface area contributed by atoms with E-state index in [0.29, 0.717) is 34.5 Å². The Labute approximate surface area is 298 Å². The Hall–Kier alpha value is -5.19. The molecule has 7 rings (SSSR count). The van der Waals surface area contributed by atoms with Gasteiger partial charge in [-0.3, -0.25) is 0 Å². The van der Waals surface area contributed by atoms with E-state index in [-0.39, 0.29) is 0 Å². The third kappa shape index (κ3) is 8.76. The van der Waals surface area contributed by atoms with Gasteiger partial charge in [-0.15, -0.1) is 0 Å². The molecule has 0 N–H and O–H groups in total. The van der Waals surface area contributed by atoms with E-state index in [4.69, 9.17) is 40.7 Å². The van der Waals surface area contributed by atoms with Crippen LogP contribution in [0.2, 0.25) is 0 Å². The van der Waals surface area contributed by atoms with Crippen LogP contribution in [0.15, 0.2) is 177 Å². The number of hydrogen-bond donors (Lipinski definition) is 0. The van der Waals surface area contributed by atoms with Crippen molar-refractivity contribution in [2.45, 2.75) is 20.8 Å². The van der Waals surface area contributed by atoms with Crippen LogP contribution in [-0.2, 0) is 0 Å². The Morgan fingerprint density at radius 3 is 0.784 bits per heavy atom. The van der Waals surface area contributed by atoms with E-state index in [9.17, 15) is 0 Å². The highest BCUT2D eigenvalue weighted by molar-refractivity contribution is 7.79. The molecule has 12 heteroatoms. The number of benzene rings is 6. The number of para-hydroxylation sites is 3. The van der Waals surface area contributed by atoms with Gasteiger partial charge in [-0.05, 0) is 110 Å². The summed E-state index contributed by atoms with van der Waals surface area (Å²) in [6, 6.07) is 50.6. The van der Waals surface area contributed by atoms with Crippen molar-refractivity contribution in [2.75, 3.05) is 0 Å². The minimum Gasteiger partial charge on any atom is -0.413 e. The van der Waals surface area contributed by atoms with Gasteiger partial charge in [-0.2, -0.15) is 0 Å². The van der Waals surface area contributed by atoms with Crippen molar-refractivity contribution in [2.24, 2.45) is 13.5 Å². The van der Waals surface area contributed by atoms with Crippen LogP contribution in [0.3, 0.4) is 0 Å². The predicted octanol–water partition coefficient (Wildman–Crippen LogP) is 13.2. The second-order valence-electron chi connectivity index (χ2n) is 11.7. The summed E-state index contributed by atoms with van der Waals surface area (Å²) in [4.78, 5) is 0. The third-order valence-corrected chi connectivity index (χ3v) is 15.3. The maximum Gasteiger partial charge on any atom is 0.460 e. The Morgan fingerprint density at radius 1 is 0.294 bits per heavy atom. The van der Waals surface area contributed by atoms with Crippen molar-refractivity contribution in [1.82, 2.24) is 0 Å². The second-order valence-corrected chi connectivity index (χ2v) is 17.9. The lowest BCUT2D eigenvalue weighted by Crippen LogP contribution is -2.11. The molecule has 0 atom stereocenters. The SMILES string of the molecule is Cc1cccc(OP2(Oc3ccccc3)=NP(Oc3ccccc3)(Oc3cccc(C)c3)=NP(Oc3ccccc3)(Oc3cccc(C)c3)=N2)c1. The van der Waals surface area contributed by atoms with Crippen LogP contribution in [0, 0.1) is 20.8 Å². The zero-order chi connectivity index (χ0) is 35.2. The molecule has 0 aromatic heterocycles. The van der Waals surface area contributed by atoms with Crippen LogP contribution >= 0.6 is 23.0 Å². The summed E-state index contributed by atoms with van der Waals surface area (Å²) in [6.45, 7) is 5.94. The van der Waals surface area contributed by atoms with E-state index >= 15 is 0 Å². The summed E-state index contributed by atoms with van der Waals surface area (Å²) in [5.41, 5.74) is 2.92. The fourth-order valence-corrected chi connectivity index (χ4v) is 14.1. The zero-order valence-corrected chi connectivity index (χ0v) is 30.9. The van der Waals surface area contributed by atoms with Gasteiger partial charge in [0.05, 0.1) is 0 Å². The van der Waals surface area contributed by atoms with Gasteiger partial charge in [0, 0.05) is 0 Å². The maximum atomic E-state index is 6.87. The second kappa shape index (κ2) is 15.0. The molecule has 0 saturated carbocycles. The van der Waals surface area contributed by atoms with Crippen molar-refractivity contribution < 1.29 is 27.1 Å². The molecule has 0 fully saturated rings. The van der Waals surface area contributed by atoms with Crippen LogP contribution in [-0.4, -0.2) is 0 Å². The van der Waals surface area contributed by atoms with E-state index in [1.165, 1.54) is 0 Å². The first-order chi connectivity index (χ1) is 24.8. The molecule has 0 radical (unpaired) electrons. The first kappa shape index (κ1) is 34.3. The van der Waals surface area contributed by atoms with Gasteiger partial charge in [0.1, 0.15) is 34.5 Å². The van der Waals surface area contributed by atoms with Crippen LogP contribution in [0.25, 0.3) is 0 Å². The van der Waals surface area contributed by atoms with Crippen molar-refractivity contribution in [3.63, 3.8) is 0 Å². The van der Waals surface area contributed by atoms with Crippen molar-refractivity contribution in [3.8, 4) is 34.5 Å². The molecule has 0 saturated heterocycles. The Kier molecular flexibility index (Phi) is 10.1. The lowest BCUT2D eigenvalue weighted by molar-refractivity contribution is 0.443. The lowest BCUT2D eigenvalue weighted by Gasteiger charge is -2.33.